The number of nitrogens with two attached hydrogens (primary N) is 1. The van der Waals surface area contributed by atoms with Crippen molar-refractivity contribution in [1.82, 2.24) is 0 Å². The lowest BCUT2D eigenvalue weighted by Crippen LogP contribution is -2.49. The van der Waals surface area contributed by atoms with Crippen molar-refractivity contribution >= 4 is 5.97 Å². The molecule has 2 aliphatic rings. The summed E-state index contributed by atoms with van der Waals surface area (Å²) in [5.41, 5.74) is 10.2. The van der Waals surface area contributed by atoms with Crippen molar-refractivity contribution in [2.45, 2.75) is 70.5 Å². The van der Waals surface area contributed by atoms with Gasteiger partial charge >= 0.3 is 5.97 Å². The second-order valence-corrected chi connectivity index (χ2v) is 9.89. The third-order valence-corrected chi connectivity index (χ3v) is 6.93. The quantitative estimate of drug-likeness (QED) is 0.474. The monoisotopic (exact) mass is 499 g/mol. The second-order valence-electron chi connectivity index (χ2n) is 9.89. The summed E-state index contributed by atoms with van der Waals surface area (Å²) >= 11 is 0. The number of esters is 1. The van der Waals surface area contributed by atoms with Crippen LogP contribution in [-0.4, -0.2) is 60.4 Å². The highest BCUT2D eigenvalue weighted by molar-refractivity contribution is 5.75. The number of hydrogen-bond donors (Lipinski definition) is 3. The number of aliphatic hydroxyl groups excluding tert-OH is 2. The predicted octanol–water partition coefficient (Wildman–Crippen LogP) is 2.69. The van der Waals surface area contributed by atoms with Crippen LogP contribution < -0.4 is 15.2 Å². The molecule has 1 fully saturated rings. The van der Waals surface area contributed by atoms with E-state index in [2.05, 4.69) is 19.1 Å². The molecule has 5 atom stereocenters. The lowest BCUT2D eigenvalue weighted by Gasteiger charge is -2.37. The van der Waals surface area contributed by atoms with Gasteiger partial charge in [-0.25, -0.2) is 0 Å². The van der Waals surface area contributed by atoms with Crippen LogP contribution in [0.4, 0.5) is 0 Å². The molecular formula is C28H37NO7. The van der Waals surface area contributed by atoms with Gasteiger partial charge < -0.3 is 34.9 Å². The third kappa shape index (κ3) is 6.00. The number of fused-ring (bicyclic) bond motifs is 1. The number of carbonyl (C=O) groups excluding carboxylic acids is 1. The van der Waals surface area contributed by atoms with Crippen LogP contribution in [0.15, 0.2) is 36.4 Å². The lowest BCUT2D eigenvalue weighted by molar-refractivity contribution is -0.192. The van der Waals surface area contributed by atoms with Crippen molar-refractivity contribution < 1.29 is 34.0 Å². The van der Waals surface area contributed by atoms with E-state index in [1.165, 1.54) is 5.56 Å². The summed E-state index contributed by atoms with van der Waals surface area (Å²) in [6.07, 6.45) is -1.63. The summed E-state index contributed by atoms with van der Waals surface area (Å²) in [7, 11) is 0. The van der Waals surface area contributed by atoms with E-state index in [1.54, 1.807) is 0 Å². The zero-order valence-electron chi connectivity index (χ0n) is 21.2. The van der Waals surface area contributed by atoms with E-state index in [4.69, 9.17) is 24.7 Å². The van der Waals surface area contributed by atoms with Gasteiger partial charge in [0.15, 0.2) is 11.5 Å². The molecule has 4 N–H and O–H groups in total. The molecule has 0 spiro atoms. The number of benzene rings is 2. The minimum atomic E-state index is -1.16. The van der Waals surface area contributed by atoms with E-state index >= 15 is 0 Å². The first-order valence-corrected chi connectivity index (χ1v) is 12.7. The summed E-state index contributed by atoms with van der Waals surface area (Å²) in [4.78, 5) is 12.2. The zero-order chi connectivity index (χ0) is 25.8. The van der Waals surface area contributed by atoms with Crippen molar-refractivity contribution in [3.05, 3.63) is 58.7 Å². The number of hydrogen-bond acceptors (Lipinski definition) is 8. The summed E-state index contributed by atoms with van der Waals surface area (Å²) in [5, 5.41) is 21.0. The van der Waals surface area contributed by atoms with Crippen molar-refractivity contribution in [1.29, 1.82) is 0 Å². The van der Waals surface area contributed by atoms with Crippen LogP contribution in [0.2, 0.25) is 0 Å². The topological polar surface area (TPSA) is 120 Å². The summed E-state index contributed by atoms with van der Waals surface area (Å²) < 4.78 is 22.8. The number of rotatable bonds is 8. The van der Waals surface area contributed by atoms with Gasteiger partial charge in [0, 0.05) is 6.42 Å². The molecule has 4 rings (SSSR count). The summed E-state index contributed by atoms with van der Waals surface area (Å²) in [6, 6.07) is 11.4. The third-order valence-electron chi connectivity index (χ3n) is 6.93. The summed E-state index contributed by atoms with van der Waals surface area (Å²) in [6.45, 7) is 6.71. The Hall–Kier alpha value is -2.65. The molecule has 0 aromatic heterocycles. The molecule has 36 heavy (non-hydrogen) atoms. The molecule has 4 unspecified atom stereocenters. The minimum Gasteiger partial charge on any atom is -0.486 e. The SMILES string of the molecule is CCc1ccc(C2CC(O)[C@H](O)C(COC(=O)C(N)C(C)C)O2)cc1Cc1ccc2c(c1)OCCO2. The molecule has 196 valence electrons. The Bertz CT molecular complexity index is 1060. The first kappa shape index (κ1) is 26.4. The van der Waals surface area contributed by atoms with Crippen LogP contribution in [0.3, 0.4) is 0 Å². The molecule has 0 radical (unpaired) electrons. The molecule has 8 heteroatoms. The predicted molar refractivity (Wildman–Crippen MR) is 134 cm³/mol. The average molecular weight is 500 g/mol. The lowest BCUT2D eigenvalue weighted by atomic mass is 9.90. The van der Waals surface area contributed by atoms with Gasteiger partial charge in [0.2, 0.25) is 0 Å². The fourth-order valence-electron chi connectivity index (χ4n) is 4.61. The Morgan fingerprint density at radius 3 is 2.56 bits per heavy atom. The maximum Gasteiger partial charge on any atom is 0.323 e. The summed E-state index contributed by atoms with van der Waals surface area (Å²) in [5.74, 6) is 0.901. The first-order valence-electron chi connectivity index (χ1n) is 12.7. The number of aryl methyl sites for hydroxylation is 1. The van der Waals surface area contributed by atoms with Gasteiger partial charge in [-0.3, -0.25) is 4.79 Å². The molecule has 2 aromatic carbocycles. The maximum atomic E-state index is 12.2. The molecule has 0 amide bonds. The van der Waals surface area contributed by atoms with Crippen LogP contribution >= 0.6 is 0 Å². The molecule has 0 saturated carbocycles. The van der Waals surface area contributed by atoms with E-state index in [1.807, 2.05) is 38.1 Å². The van der Waals surface area contributed by atoms with Crippen LogP contribution in [0.5, 0.6) is 11.5 Å². The van der Waals surface area contributed by atoms with Crippen molar-refractivity contribution in [2.75, 3.05) is 19.8 Å². The molecule has 1 saturated heterocycles. The Kier molecular flexibility index (Phi) is 8.51. The van der Waals surface area contributed by atoms with Crippen LogP contribution in [0.25, 0.3) is 0 Å². The second kappa shape index (κ2) is 11.6. The largest absolute Gasteiger partial charge is 0.486 e. The normalized spacial score (nSPS) is 24.4. The highest BCUT2D eigenvalue weighted by atomic mass is 16.6. The van der Waals surface area contributed by atoms with Gasteiger partial charge in [-0.1, -0.05) is 45.0 Å². The minimum absolute atomic E-state index is 0.0715. The fraction of sp³-hybridized carbons (Fsp3) is 0.536. The first-order chi connectivity index (χ1) is 17.3. The molecule has 2 heterocycles. The Balaban J connectivity index is 1.50. The molecule has 2 aliphatic heterocycles. The van der Waals surface area contributed by atoms with E-state index in [0.717, 1.165) is 34.6 Å². The fourth-order valence-corrected chi connectivity index (χ4v) is 4.61. The molecule has 0 bridgehead atoms. The van der Waals surface area contributed by atoms with Gasteiger partial charge in [0.25, 0.3) is 0 Å². The van der Waals surface area contributed by atoms with Gasteiger partial charge in [-0.05, 0) is 53.1 Å². The molecule has 0 aliphatic carbocycles. The number of aliphatic hydroxyl groups is 2. The van der Waals surface area contributed by atoms with Gasteiger partial charge in [0.05, 0.1) is 12.2 Å². The molecule has 8 nitrogen and oxygen atoms in total. The van der Waals surface area contributed by atoms with E-state index in [9.17, 15) is 15.0 Å². The number of ether oxygens (including phenoxy) is 4. The van der Waals surface area contributed by atoms with Crippen LogP contribution in [0, 0.1) is 5.92 Å². The number of carbonyl (C=O) groups is 1. The van der Waals surface area contributed by atoms with E-state index < -0.39 is 36.4 Å². The highest BCUT2D eigenvalue weighted by Gasteiger charge is 2.38. The van der Waals surface area contributed by atoms with E-state index in [-0.39, 0.29) is 18.9 Å². The highest BCUT2D eigenvalue weighted by Crippen LogP contribution is 2.35. The van der Waals surface area contributed by atoms with Gasteiger partial charge in [-0.15, -0.1) is 0 Å². The van der Waals surface area contributed by atoms with Crippen LogP contribution in [0.1, 0.15) is 55.5 Å². The smallest absolute Gasteiger partial charge is 0.323 e. The Morgan fingerprint density at radius 2 is 1.83 bits per heavy atom. The van der Waals surface area contributed by atoms with Gasteiger partial charge in [-0.2, -0.15) is 0 Å². The van der Waals surface area contributed by atoms with Gasteiger partial charge in [0.1, 0.15) is 38.1 Å². The zero-order valence-corrected chi connectivity index (χ0v) is 21.2. The standard InChI is InChI=1S/C28H37NO7/c1-4-18-6-7-19(13-20(18)11-17-5-8-22-24(12-17)34-10-9-33-22)23-14-21(30)27(31)25(36-23)15-35-28(32)26(29)16(2)3/h5-8,12-13,16,21,23,25-27,30-31H,4,9-11,14-15,29H2,1-3H3/t21?,23?,25?,26?,27-/m0/s1. The average Bonchev–Trinajstić information content (AvgIpc) is 2.88. The Labute approximate surface area is 212 Å². The van der Waals surface area contributed by atoms with Crippen molar-refractivity contribution in [2.24, 2.45) is 11.7 Å². The Morgan fingerprint density at radius 1 is 1.08 bits per heavy atom. The van der Waals surface area contributed by atoms with E-state index in [0.29, 0.717) is 19.6 Å². The van der Waals surface area contributed by atoms with Crippen molar-refractivity contribution in [3.63, 3.8) is 0 Å². The molecular weight excluding hydrogens is 462 g/mol. The van der Waals surface area contributed by atoms with Crippen LogP contribution in [-0.2, 0) is 27.1 Å². The molecule has 2 aromatic rings. The maximum absolute atomic E-state index is 12.2. The van der Waals surface area contributed by atoms with Crippen molar-refractivity contribution in [3.8, 4) is 11.5 Å².